The average molecular weight is 310 g/mol. The van der Waals surface area contributed by atoms with Gasteiger partial charge in [-0.3, -0.25) is 0 Å². The minimum atomic E-state index is -0.139. The lowest BCUT2D eigenvalue weighted by Gasteiger charge is -2.49. The first-order chi connectivity index (χ1) is 10.5. The van der Waals surface area contributed by atoms with E-state index in [2.05, 4.69) is 23.6 Å². The van der Waals surface area contributed by atoms with Gasteiger partial charge in [-0.2, -0.15) is 0 Å². The van der Waals surface area contributed by atoms with E-state index in [1.807, 2.05) is 0 Å². The summed E-state index contributed by atoms with van der Waals surface area (Å²) in [5, 5.41) is 0. The Hall–Kier alpha value is -0.240. The van der Waals surface area contributed by atoms with Gasteiger partial charge in [0.1, 0.15) is 24.9 Å². The molecule has 5 fully saturated rings. The van der Waals surface area contributed by atoms with Crippen molar-refractivity contribution >= 4 is 0 Å². The van der Waals surface area contributed by atoms with Gasteiger partial charge < -0.3 is 18.9 Å². The van der Waals surface area contributed by atoms with Crippen molar-refractivity contribution in [3.05, 3.63) is 0 Å². The molecule has 0 N–H and O–H groups in total. The predicted molar refractivity (Wildman–Crippen MR) is 78.0 cm³/mol. The van der Waals surface area contributed by atoms with Crippen LogP contribution in [-0.2, 0) is 18.9 Å². The van der Waals surface area contributed by atoms with Gasteiger partial charge in [0.15, 0.2) is 0 Å². The summed E-state index contributed by atoms with van der Waals surface area (Å²) >= 11 is 0. The van der Waals surface area contributed by atoms with E-state index in [0.29, 0.717) is 13.5 Å². The lowest BCUT2D eigenvalue weighted by molar-refractivity contribution is -0.196. The Labute approximate surface area is 131 Å². The number of hydrogen-bond donors (Lipinski definition) is 0. The van der Waals surface area contributed by atoms with Gasteiger partial charge in [-0.25, -0.2) is 9.80 Å². The summed E-state index contributed by atoms with van der Waals surface area (Å²) in [6.07, 6.45) is 4.05. The van der Waals surface area contributed by atoms with E-state index in [1.54, 1.807) is 0 Å². The van der Waals surface area contributed by atoms with Crippen LogP contribution in [0.25, 0.3) is 0 Å². The SMILES string of the molecule is C[C@]12COCN1C1(CCC3(CC1)OC[C@@]1(C)COCN31)OC2. The van der Waals surface area contributed by atoms with Gasteiger partial charge in [0, 0.05) is 0 Å². The van der Waals surface area contributed by atoms with Crippen molar-refractivity contribution in [2.75, 3.05) is 39.9 Å². The van der Waals surface area contributed by atoms with Gasteiger partial charge in [0.25, 0.3) is 0 Å². The molecule has 1 aliphatic carbocycles. The third-order valence-corrected chi connectivity index (χ3v) is 6.67. The van der Waals surface area contributed by atoms with Gasteiger partial charge in [0.05, 0.1) is 37.5 Å². The summed E-state index contributed by atoms with van der Waals surface area (Å²) in [4.78, 5) is 4.92. The van der Waals surface area contributed by atoms with Gasteiger partial charge in [-0.05, 0) is 39.5 Å². The quantitative estimate of drug-likeness (QED) is 0.668. The Morgan fingerprint density at radius 2 is 1.05 bits per heavy atom. The number of nitrogens with zero attached hydrogens (tertiary/aromatic N) is 2. The zero-order chi connectivity index (χ0) is 15.1. The van der Waals surface area contributed by atoms with Crippen molar-refractivity contribution < 1.29 is 18.9 Å². The maximum Gasteiger partial charge on any atom is 0.124 e. The van der Waals surface area contributed by atoms with Crippen molar-refractivity contribution in [1.82, 2.24) is 9.80 Å². The molecule has 4 saturated heterocycles. The Balaban J connectivity index is 1.38. The molecule has 5 rings (SSSR count). The number of ether oxygens (including phenoxy) is 4. The Kier molecular flexibility index (Phi) is 2.72. The molecule has 124 valence electrons. The Morgan fingerprint density at radius 3 is 1.45 bits per heavy atom. The molecule has 0 unspecified atom stereocenters. The fraction of sp³-hybridized carbons (Fsp3) is 1.00. The highest BCUT2D eigenvalue weighted by Crippen LogP contribution is 2.53. The van der Waals surface area contributed by atoms with Crippen molar-refractivity contribution in [3.63, 3.8) is 0 Å². The number of fused-ring (bicyclic) bond motifs is 4. The van der Waals surface area contributed by atoms with Crippen LogP contribution in [0, 0.1) is 0 Å². The second-order valence-corrected chi connectivity index (χ2v) is 8.27. The van der Waals surface area contributed by atoms with Gasteiger partial charge >= 0.3 is 0 Å². The van der Waals surface area contributed by atoms with Crippen molar-refractivity contribution in [3.8, 4) is 0 Å². The topological polar surface area (TPSA) is 43.4 Å². The summed E-state index contributed by atoms with van der Waals surface area (Å²) in [5.74, 6) is 0. The fourth-order valence-corrected chi connectivity index (χ4v) is 5.23. The molecule has 4 heterocycles. The third-order valence-electron chi connectivity index (χ3n) is 6.67. The number of hydrogen-bond acceptors (Lipinski definition) is 6. The minimum absolute atomic E-state index is 0.0618. The molecule has 0 amide bonds. The highest BCUT2D eigenvalue weighted by atomic mass is 16.6. The molecule has 5 aliphatic rings. The van der Waals surface area contributed by atoms with Crippen molar-refractivity contribution in [2.45, 2.75) is 62.1 Å². The highest BCUT2D eigenvalue weighted by molar-refractivity contribution is 5.10. The Morgan fingerprint density at radius 1 is 0.636 bits per heavy atom. The van der Waals surface area contributed by atoms with E-state index < -0.39 is 0 Å². The minimum Gasteiger partial charge on any atom is -0.364 e. The molecule has 2 spiro atoms. The largest absolute Gasteiger partial charge is 0.364 e. The van der Waals surface area contributed by atoms with Crippen LogP contribution in [0.1, 0.15) is 39.5 Å². The van der Waals surface area contributed by atoms with Gasteiger partial charge in [-0.15, -0.1) is 0 Å². The number of rotatable bonds is 0. The summed E-state index contributed by atoms with van der Waals surface area (Å²) < 4.78 is 24.1. The fourth-order valence-electron chi connectivity index (χ4n) is 5.23. The van der Waals surface area contributed by atoms with Gasteiger partial charge in [0.2, 0.25) is 0 Å². The monoisotopic (exact) mass is 310 g/mol. The summed E-state index contributed by atoms with van der Waals surface area (Å²) in [5.41, 5.74) is -0.155. The summed E-state index contributed by atoms with van der Waals surface area (Å²) in [6, 6.07) is 0. The first-order valence-corrected chi connectivity index (χ1v) is 8.50. The normalized spacial score (nSPS) is 55.4. The Bertz CT molecular complexity index is 449. The van der Waals surface area contributed by atoms with E-state index in [0.717, 1.165) is 52.1 Å². The van der Waals surface area contributed by atoms with Gasteiger partial charge in [-0.1, -0.05) is 0 Å². The van der Waals surface area contributed by atoms with Crippen LogP contribution in [-0.4, -0.2) is 72.2 Å². The molecule has 22 heavy (non-hydrogen) atoms. The maximum atomic E-state index is 6.33. The molecule has 6 heteroatoms. The zero-order valence-corrected chi connectivity index (χ0v) is 13.6. The lowest BCUT2D eigenvalue weighted by Crippen LogP contribution is -2.59. The standard InChI is InChI=1S/C16H26N2O4/c1-13-7-19-11-17(13)15(21-9-13)3-5-16(6-4-15)18-12-20-8-14(18,2)10-22-16/h3-12H2,1-2H3/t13-,14-,15?,16?/m1/s1. The molecule has 6 nitrogen and oxygen atoms in total. The molecule has 4 aliphatic heterocycles. The molecule has 2 atom stereocenters. The van der Waals surface area contributed by atoms with E-state index in [9.17, 15) is 0 Å². The molecular weight excluding hydrogens is 284 g/mol. The lowest BCUT2D eigenvalue weighted by atomic mass is 9.82. The van der Waals surface area contributed by atoms with E-state index >= 15 is 0 Å². The second-order valence-electron chi connectivity index (χ2n) is 8.27. The highest BCUT2D eigenvalue weighted by Gasteiger charge is 2.64. The van der Waals surface area contributed by atoms with E-state index in [1.165, 1.54) is 0 Å². The molecule has 0 bridgehead atoms. The molecule has 1 saturated carbocycles. The predicted octanol–water partition coefficient (Wildman–Crippen LogP) is 1.11. The van der Waals surface area contributed by atoms with Crippen molar-refractivity contribution in [2.24, 2.45) is 0 Å². The van der Waals surface area contributed by atoms with E-state index in [4.69, 9.17) is 18.9 Å². The van der Waals surface area contributed by atoms with Crippen molar-refractivity contribution in [1.29, 1.82) is 0 Å². The first kappa shape index (κ1) is 14.1. The summed E-state index contributed by atoms with van der Waals surface area (Å²) in [6.45, 7) is 9.07. The maximum absolute atomic E-state index is 6.33. The molecule has 0 aromatic heterocycles. The van der Waals surface area contributed by atoms with Crippen LogP contribution < -0.4 is 0 Å². The first-order valence-electron chi connectivity index (χ1n) is 8.50. The second kappa shape index (κ2) is 4.23. The summed E-state index contributed by atoms with van der Waals surface area (Å²) in [7, 11) is 0. The van der Waals surface area contributed by atoms with Crippen LogP contribution in [0.5, 0.6) is 0 Å². The molecule has 0 aromatic rings. The smallest absolute Gasteiger partial charge is 0.124 e. The van der Waals surface area contributed by atoms with Crippen LogP contribution in [0.15, 0.2) is 0 Å². The molecular formula is C16H26N2O4. The third kappa shape index (κ3) is 1.61. The van der Waals surface area contributed by atoms with E-state index in [-0.39, 0.29) is 22.5 Å². The van der Waals surface area contributed by atoms with Crippen LogP contribution in [0.3, 0.4) is 0 Å². The zero-order valence-electron chi connectivity index (χ0n) is 13.6. The average Bonchev–Trinajstić information content (AvgIpc) is 3.19. The molecule has 0 radical (unpaired) electrons. The van der Waals surface area contributed by atoms with Crippen LogP contribution in [0.2, 0.25) is 0 Å². The van der Waals surface area contributed by atoms with Crippen LogP contribution >= 0.6 is 0 Å². The molecule has 0 aromatic carbocycles. The van der Waals surface area contributed by atoms with Crippen LogP contribution in [0.4, 0.5) is 0 Å².